The van der Waals surface area contributed by atoms with Crippen LogP contribution >= 0.6 is 0 Å². The summed E-state index contributed by atoms with van der Waals surface area (Å²) in [5, 5.41) is 10.2. The van der Waals surface area contributed by atoms with Crippen LogP contribution in [-0.4, -0.2) is 34.9 Å². The van der Waals surface area contributed by atoms with E-state index in [2.05, 4.69) is 6.92 Å². The molecule has 0 aliphatic carbocycles. The molecule has 0 aromatic carbocycles. The van der Waals surface area contributed by atoms with Crippen molar-refractivity contribution < 1.29 is 24.2 Å². The number of carbonyl (C=O) groups is 2. The summed E-state index contributed by atoms with van der Waals surface area (Å²) < 4.78 is 11.0. The van der Waals surface area contributed by atoms with Crippen LogP contribution in [-0.2, 0) is 19.1 Å². The Morgan fingerprint density at radius 1 is 1.22 bits per heavy atom. The van der Waals surface area contributed by atoms with Gasteiger partial charge in [-0.25, -0.2) is 0 Å². The summed E-state index contributed by atoms with van der Waals surface area (Å²) in [6.07, 6.45) is 10.2. The fourth-order valence-electron chi connectivity index (χ4n) is 3.44. The van der Waals surface area contributed by atoms with Gasteiger partial charge in [0.15, 0.2) is 0 Å². The molecule has 0 aromatic rings. The van der Waals surface area contributed by atoms with Gasteiger partial charge in [0.1, 0.15) is 0 Å². The van der Waals surface area contributed by atoms with Crippen molar-refractivity contribution in [2.45, 2.75) is 102 Å². The Morgan fingerprint density at radius 2 is 1.96 bits per heavy atom. The second-order valence-electron chi connectivity index (χ2n) is 6.90. The Balaban J connectivity index is 1.87. The van der Waals surface area contributed by atoms with Crippen LogP contribution in [0, 0.1) is 0 Å². The number of cyclic esters (lactones) is 1. The molecule has 23 heavy (non-hydrogen) atoms. The number of esters is 1. The average molecular weight is 326 g/mol. The number of carbonyl (C=O) groups excluding carboxylic acids is 2. The minimum absolute atomic E-state index is 0.0668. The number of rotatable bonds is 7. The molecule has 3 unspecified atom stereocenters. The van der Waals surface area contributed by atoms with E-state index in [1.54, 1.807) is 0 Å². The third-order valence-corrected chi connectivity index (χ3v) is 4.87. The number of unbranched alkanes of at least 4 members (excludes halogenated alkanes) is 2. The first-order chi connectivity index (χ1) is 11.0. The van der Waals surface area contributed by atoms with Crippen molar-refractivity contribution in [3.8, 4) is 0 Å². The van der Waals surface area contributed by atoms with Crippen molar-refractivity contribution in [1.82, 2.24) is 0 Å². The van der Waals surface area contributed by atoms with E-state index in [0.717, 1.165) is 38.5 Å². The minimum Gasteiger partial charge on any atom is -0.425 e. The van der Waals surface area contributed by atoms with Crippen LogP contribution < -0.4 is 0 Å². The molecule has 1 N–H and O–H groups in total. The maximum atomic E-state index is 12.3. The first-order valence-electron chi connectivity index (χ1n) is 9.16. The maximum Gasteiger partial charge on any atom is 0.308 e. The molecule has 5 heteroatoms. The lowest BCUT2D eigenvalue weighted by atomic mass is 9.96. The summed E-state index contributed by atoms with van der Waals surface area (Å²) in [5.74, 6) is -2.83. The molecule has 0 spiro atoms. The molecule has 2 rings (SSSR count). The fourth-order valence-corrected chi connectivity index (χ4v) is 3.44. The fraction of sp³-hybridized carbons (Fsp3) is 0.889. The SMILES string of the molecule is CCCCCC1CCCCCC(CC(=O)C2(O)CCC(=O)O2)O1. The van der Waals surface area contributed by atoms with Gasteiger partial charge in [-0.05, 0) is 19.3 Å². The van der Waals surface area contributed by atoms with Crippen LogP contribution in [0.3, 0.4) is 0 Å². The van der Waals surface area contributed by atoms with E-state index in [9.17, 15) is 14.7 Å². The van der Waals surface area contributed by atoms with Gasteiger partial charge in [0.05, 0.1) is 18.6 Å². The summed E-state index contributed by atoms with van der Waals surface area (Å²) in [6.45, 7) is 2.18. The highest BCUT2D eigenvalue weighted by Gasteiger charge is 2.45. The molecule has 5 nitrogen and oxygen atoms in total. The summed E-state index contributed by atoms with van der Waals surface area (Å²) in [7, 11) is 0. The number of Topliss-reactive ketones (excluding diaryl/α,β-unsaturated/α-hetero) is 1. The molecule has 2 aliphatic rings. The van der Waals surface area contributed by atoms with Crippen LogP contribution in [0.2, 0.25) is 0 Å². The normalized spacial score (nSPS) is 32.2. The van der Waals surface area contributed by atoms with E-state index in [1.165, 1.54) is 19.3 Å². The minimum atomic E-state index is -1.92. The van der Waals surface area contributed by atoms with E-state index >= 15 is 0 Å². The molecular weight excluding hydrogens is 296 g/mol. The molecule has 2 fully saturated rings. The van der Waals surface area contributed by atoms with Gasteiger partial charge in [-0.3, -0.25) is 9.59 Å². The number of ketones is 1. The van der Waals surface area contributed by atoms with Crippen LogP contribution in [0.15, 0.2) is 0 Å². The molecule has 132 valence electrons. The van der Waals surface area contributed by atoms with Crippen molar-refractivity contribution in [2.24, 2.45) is 0 Å². The summed E-state index contributed by atoms with van der Waals surface area (Å²) >= 11 is 0. The number of hydrogen-bond donors (Lipinski definition) is 1. The third-order valence-electron chi connectivity index (χ3n) is 4.87. The Kier molecular flexibility index (Phi) is 7.03. The monoisotopic (exact) mass is 326 g/mol. The lowest BCUT2D eigenvalue weighted by Crippen LogP contribution is -2.41. The number of ether oxygens (including phenoxy) is 2. The van der Waals surface area contributed by atoms with Gasteiger partial charge in [0.25, 0.3) is 5.79 Å². The van der Waals surface area contributed by atoms with Crippen molar-refractivity contribution in [1.29, 1.82) is 0 Å². The maximum absolute atomic E-state index is 12.3. The molecule has 0 bridgehead atoms. The van der Waals surface area contributed by atoms with Crippen LogP contribution in [0.4, 0.5) is 0 Å². The van der Waals surface area contributed by atoms with Gasteiger partial charge >= 0.3 is 5.97 Å². The third kappa shape index (κ3) is 5.57. The van der Waals surface area contributed by atoms with Crippen LogP contribution in [0.25, 0.3) is 0 Å². The topological polar surface area (TPSA) is 72.8 Å². The van der Waals surface area contributed by atoms with Gasteiger partial charge in [0.2, 0.25) is 5.78 Å². The lowest BCUT2D eigenvalue weighted by molar-refractivity contribution is -0.196. The highest BCUT2D eigenvalue weighted by molar-refractivity contribution is 5.90. The van der Waals surface area contributed by atoms with Crippen molar-refractivity contribution in [3.05, 3.63) is 0 Å². The zero-order valence-corrected chi connectivity index (χ0v) is 14.2. The van der Waals surface area contributed by atoms with E-state index in [0.29, 0.717) is 0 Å². The molecule has 3 atom stereocenters. The second-order valence-corrected chi connectivity index (χ2v) is 6.90. The summed E-state index contributed by atoms with van der Waals surface area (Å²) in [4.78, 5) is 23.5. The van der Waals surface area contributed by atoms with E-state index in [-0.39, 0.29) is 31.5 Å². The van der Waals surface area contributed by atoms with Crippen molar-refractivity contribution in [3.63, 3.8) is 0 Å². The summed E-state index contributed by atoms with van der Waals surface area (Å²) in [5.41, 5.74) is 0. The highest BCUT2D eigenvalue weighted by atomic mass is 16.7. The molecule has 0 radical (unpaired) electrons. The second kappa shape index (κ2) is 8.78. The Labute approximate surface area is 138 Å². The van der Waals surface area contributed by atoms with Gasteiger partial charge in [-0.1, -0.05) is 45.4 Å². The Morgan fingerprint density at radius 3 is 2.61 bits per heavy atom. The molecule has 2 saturated heterocycles. The van der Waals surface area contributed by atoms with Crippen molar-refractivity contribution >= 4 is 11.8 Å². The highest BCUT2D eigenvalue weighted by Crippen LogP contribution is 2.29. The average Bonchev–Trinajstić information content (AvgIpc) is 2.84. The van der Waals surface area contributed by atoms with Gasteiger partial charge in [0, 0.05) is 12.8 Å². The summed E-state index contributed by atoms with van der Waals surface area (Å²) in [6, 6.07) is 0. The molecule has 2 heterocycles. The zero-order chi connectivity index (χ0) is 16.7. The number of hydrogen-bond acceptors (Lipinski definition) is 5. The van der Waals surface area contributed by atoms with Crippen LogP contribution in [0.5, 0.6) is 0 Å². The molecule has 0 saturated carbocycles. The predicted molar refractivity (Wildman–Crippen MR) is 85.8 cm³/mol. The molecule has 0 aromatic heterocycles. The first kappa shape index (κ1) is 18.4. The van der Waals surface area contributed by atoms with Gasteiger partial charge < -0.3 is 14.6 Å². The standard InChI is InChI=1S/C18H30O5/c1-2-3-5-8-14-9-6-4-7-10-15(22-14)13-16(19)18(21)12-11-17(20)23-18/h14-15,21H,2-13H2,1H3. The zero-order valence-electron chi connectivity index (χ0n) is 14.2. The number of aliphatic hydroxyl groups is 1. The smallest absolute Gasteiger partial charge is 0.308 e. The molecular formula is C18H30O5. The van der Waals surface area contributed by atoms with E-state index in [4.69, 9.17) is 9.47 Å². The lowest BCUT2D eigenvalue weighted by Gasteiger charge is -2.29. The van der Waals surface area contributed by atoms with E-state index in [1.807, 2.05) is 0 Å². The molecule has 2 aliphatic heterocycles. The Hall–Kier alpha value is -0.940. The van der Waals surface area contributed by atoms with Crippen LogP contribution in [0.1, 0.15) is 84.0 Å². The Bertz CT molecular complexity index is 408. The largest absolute Gasteiger partial charge is 0.425 e. The van der Waals surface area contributed by atoms with Crippen molar-refractivity contribution in [2.75, 3.05) is 0 Å². The van der Waals surface area contributed by atoms with Gasteiger partial charge in [-0.15, -0.1) is 0 Å². The quantitative estimate of drug-likeness (QED) is 0.574. The first-order valence-corrected chi connectivity index (χ1v) is 9.16. The predicted octanol–water partition coefficient (Wildman–Crippen LogP) is 3.27. The van der Waals surface area contributed by atoms with Gasteiger partial charge in [-0.2, -0.15) is 0 Å². The molecule has 0 amide bonds. The van der Waals surface area contributed by atoms with E-state index < -0.39 is 17.5 Å².